The molecule has 43 heteroatoms. The van der Waals surface area contributed by atoms with Crippen LogP contribution in [0.25, 0.3) is 146 Å². The number of furan rings is 5. The molecule has 0 saturated carbocycles. The number of carboxylic acids is 6. The van der Waals surface area contributed by atoms with Gasteiger partial charge in [0.25, 0.3) is 11.4 Å². The summed E-state index contributed by atoms with van der Waals surface area (Å²) in [6.07, 6.45) is 10.2. The van der Waals surface area contributed by atoms with Crippen LogP contribution in [0.2, 0.25) is 0 Å². The van der Waals surface area contributed by atoms with E-state index in [-0.39, 0.29) is 110 Å². The summed E-state index contributed by atoms with van der Waals surface area (Å²) < 4.78 is 77.4. The van der Waals surface area contributed by atoms with Crippen molar-refractivity contribution in [2.24, 2.45) is 0 Å². The van der Waals surface area contributed by atoms with E-state index in [0.717, 1.165) is 91.7 Å². The van der Waals surface area contributed by atoms with Gasteiger partial charge in [0, 0.05) is 143 Å². The quantitative estimate of drug-likeness (QED) is 0.0367. The van der Waals surface area contributed by atoms with Gasteiger partial charge in [-0.3, -0.25) is 4.98 Å². The van der Waals surface area contributed by atoms with Gasteiger partial charge in [0.05, 0.1) is 5.69 Å². The Bertz CT molecular complexity index is 8130. The Morgan fingerprint density at radius 2 is 0.701 bits per heavy atom. The molecule has 14 aromatic heterocycles. The summed E-state index contributed by atoms with van der Waals surface area (Å²) in [6, 6.07) is 41.8. The van der Waals surface area contributed by atoms with Crippen molar-refractivity contribution in [3.8, 4) is 56.5 Å². The third-order valence-corrected chi connectivity index (χ3v) is 24.3. The molecular formula is C104H100F3N21O19. The first-order chi connectivity index (χ1) is 70.3. The summed E-state index contributed by atoms with van der Waals surface area (Å²) in [7, 11) is 7.52. The third-order valence-electron chi connectivity index (χ3n) is 24.3. The average molecular weight is 2010 g/mol. The van der Waals surface area contributed by atoms with Gasteiger partial charge in [0.1, 0.15) is 73.6 Å². The van der Waals surface area contributed by atoms with Gasteiger partial charge in [-0.05, 0) is 202 Å². The molecule has 0 atom stereocenters. The molecule has 2 saturated heterocycles. The molecule has 0 bridgehead atoms. The number of aromatic nitrogens is 15. The lowest BCUT2D eigenvalue weighted by Crippen LogP contribution is -2.31. The second kappa shape index (κ2) is 43.5. The molecule has 2 fully saturated rings. The highest BCUT2D eigenvalue weighted by Crippen LogP contribution is 2.41. The number of aromatic carboxylic acids is 6. The van der Waals surface area contributed by atoms with Crippen LogP contribution in [0.1, 0.15) is 183 Å². The second-order valence-corrected chi connectivity index (χ2v) is 35.9. The topological polar surface area (TPSA) is 529 Å². The molecule has 0 radical (unpaired) electrons. The average Bonchev–Trinajstić information content (AvgIpc) is 1.69. The number of benzene rings is 5. The number of anilines is 6. The lowest BCUT2D eigenvalue weighted by molar-refractivity contribution is 0.0646. The van der Waals surface area contributed by atoms with E-state index in [4.69, 9.17) is 61.4 Å². The maximum Gasteiger partial charge on any atom is 0.392 e. The van der Waals surface area contributed by atoms with Crippen LogP contribution in [0.3, 0.4) is 0 Å². The van der Waals surface area contributed by atoms with Crippen molar-refractivity contribution < 1.29 is 103 Å². The highest BCUT2D eigenvalue weighted by atomic mass is 19.1. The molecule has 0 spiro atoms. The number of hydrogen-bond acceptors (Lipinski definition) is 34. The zero-order valence-electron chi connectivity index (χ0n) is 82.1. The van der Waals surface area contributed by atoms with Gasteiger partial charge in [0.15, 0.2) is 40.7 Å². The lowest BCUT2D eigenvalue weighted by atomic mass is 10.0. The van der Waals surface area contributed by atoms with E-state index in [0.29, 0.717) is 113 Å². The SMILES string of the molecule is CC(C)N(C)c1nc2oc(C(=O)O)cc2nc1-c1cc2cc(F)ccc2o1.CC(C)N(C)c1nc2oc(C(=O)O)cc2nc1-c1ccc2ccccc2c1.CC(C)N(C)c1nc2oc(C(=O)O)cc2nc1-c1cccnc1.CC(C)N(C)c1nc2oc(C(=O)O)nc2nc1-c1ccc(F)cc1.CC(C)c1nc2cc(C(=O)O)oc2nc1N1CCCCC1.O=C(O)c1nc2nc(-c3ccc(F)cc3)c(N3CCCCC3)nc2o1. The van der Waals surface area contributed by atoms with Gasteiger partial charge < -0.3 is 91.0 Å². The molecule has 2 aliphatic heterocycles. The number of hydrogen-bond donors (Lipinski definition) is 6. The number of pyridine rings is 1. The fourth-order valence-electron chi connectivity index (χ4n) is 15.7. The van der Waals surface area contributed by atoms with Crippen LogP contribution in [-0.4, -0.2) is 220 Å². The molecule has 40 nitrogen and oxygen atoms in total. The molecule has 0 amide bonds. The largest absolute Gasteiger partial charge is 0.475 e. The Morgan fingerprint density at radius 3 is 1.14 bits per heavy atom. The van der Waals surface area contributed by atoms with Gasteiger partial charge in [0.2, 0.25) is 57.2 Å². The zero-order valence-corrected chi connectivity index (χ0v) is 82.1. The van der Waals surface area contributed by atoms with Gasteiger partial charge in [-0.2, -0.15) is 39.9 Å². The minimum Gasteiger partial charge on any atom is -0.475 e. The van der Waals surface area contributed by atoms with E-state index >= 15 is 0 Å². The molecule has 0 aliphatic carbocycles. The first kappa shape index (κ1) is 102. The molecule has 5 aromatic carbocycles. The van der Waals surface area contributed by atoms with Crippen LogP contribution in [0.5, 0.6) is 0 Å². The predicted octanol–water partition coefficient (Wildman–Crippen LogP) is 20.8. The Kier molecular flexibility index (Phi) is 30.1. The summed E-state index contributed by atoms with van der Waals surface area (Å²) in [4.78, 5) is 145. The second-order valence-electron chi connectivity index (χ2n) is 35.9. The van der Waals surface area contributed by atoms with Crippen molar-refractivity contribution in [1.82, 2.24) is 74.8 Å². The first-order valence-corrected chi connectivity index (χ1v) is 46.8. The normalized spacial score (nSPS) is 12.6. The van der Waals surface area contributed by atoms with Gasteiger partial charge in [-0.1, -0.05) is 50.2 Å². The fourth-order valence-corrected chi connectivity index (χ4v) is 15.7. The van der Waals surface area contributed by atoms with Crippen LogP contribution < -0.4 is 29.4 Å². The van der Waals surface area contributed by atoms with Crippen LogP contribution in [0, 0.1) is 17.5 Å². The number of oxazole rings is 2. The molecule has 19 aromatic rings. The molecule has 147 heavy (non-hydrogen) atoms. The summed E-state index contributed by atoms with van der Waals surface area (Å²) >= 11 is 0. The third kappa shape index (κ3) is 22.7. The van der Waals surface area contributed by atoms with Crippen LogP contribution in [0.4, 0.5) is 48.1 Å². The Balaban J connectivity index is 0.000000126. The monoisotopic (exact) mass is 2000 g/mol. The number of halogens is 3. The maximum absolute atomic E-state index is 13.5. The summed E-state index contributed by atoms with van der Waals surface area (Å²) in [5.41, 5.74) is 10.1. The van der Waals surface area contributed by atoms with Crippen LogP contribution in [-0.2, 0) is 0 Å². The molecular weight excluding hydrogens is 1900 g/mol. The van der Waals surface area contributed by atoms with Crippen molar-refractivity contribution >= 4 is 160 Å². The minimum absolute atomic E-state index is 0.0424. The lowest BCUT2D eigenvalue weighted by Gasteiger charge is -2.29. The first-order valence-electron chi connectivity index (χ1n) is 46.8. The summed E-state index contributed by atoms with van der Waals surface area (Å²) in [5, 5.41) is 57.3. The smallest absolute Gasteiger partial charge is 0.392 e. The van der Waals surface area contributed by atoms with Gasteiger partial charge in [-0.15, -0.1) is 0 Å². The molecule has 21 rings (SSSR count). The summed E-state index contributed by atoms with van der Waals surface area (Å²) in [6.45, 7) is 23.8. The van der Waals surface area contributed by atoms with Gasteiger partial charge in [-0.25, -0.2) is 71.8 Å². The van der Waals surface area contributed by atoms with Crippen molar-refractivity contribution in [3.63, 3.8) is 0 Å². The molecule has 2 aliphatic rings. The Morgan fingerprint density at radius 1 is 0.320 bits per heavy atom. The van der Waals surface area contributed by atoms with E-state index in [2.05, 4.69) is 125 Å². The van der Waals surface area contributed by atoms with Crippen molar-refractivity contribution in [2.45, 2.75) is 138 Å². The van der Waals surface area contributed by atoms with Crippen molar-refractivity contribution in [3.05, 3.63) is 222 Å². The number of carboxylic acid groups (broad SMARTS) is 6. The number of fused-ring (bicyclic) bond motifs is 8. The van der Waals surface area contributed by atoms with E-state index in [1.54, 1.807) is 48.8 Å². The van der Waals surface area contributed by atoms with E-state index in [1.165, 1.54) is 67.1 Å². The van der Waals surface area contributed by atoms with Gasteiger partial charge >= 0.3 is 47.6 Å². The predicted molar refractivity (Wildman–Crippen MR) is 541 cm³/mol. The Hall–Kier alpha value is -18.0. The highest BCUT2D eigenvalue weighted by molar-refractivity contribution is 5.97. The fraction of sp³-hybridized carbons (Fsp3) is 0.279. The van der Waals surface area contributed by atoms with Crippen LogP contribution in [0.15, 0.2) is 195 Å². The molecule has 16 heterocycles. The molecule has 0 unspecified atom stereocenters. The van der Waals surface area contributed by atoms with E-state index < -0.39 is 47.6 Å². The van der Waals surface area contributed by atoms with Crippen LogP contribution >= 0.6 is 0 Å². The Labute approximate surface area is 834 Å². The van der Waals surface area contributed by atoms with E-state index in [9.17, 15) is 47.0 Å². The number of carbonyl (C=O) groups is 6. The van der Waals surface area contributed by atoms with E-state index in [1.807, 2.05) is 126 Å². The molecule has 6 N–H and O–H groups in total. The number of piperidine rings is 2. The summed E-state index contributed by atoms with van der Waals surface area (Å²) in [5.74, 6) is -5.53. The highest BCUT2D eigenvalue weighted by Gasteiger charge is 2.32. The van der Waals surface area contributed by atoms with Crippen molar-refractivity contribution in [1.29, 1.82) is 0 Å². The molecule has 756 valence electrons. The maximum atomic E-state index is 13.5. The number of nitrogens with zero attached hydrogens (tertiary/aromatic N) is 21. The zero-order chi connectivity index (χ0) is 105. The minimum atomic E-state index is -1.29. The van der Waals surface area contributed by atoms with Crippen molar-refractivity contribution in [2.75, 3.05) is 83.8 Å². The number of rotatable bonds is 22. The standard InChI is InChI=1S/C21H19N3O3.C19H16FN3O4.C17H15FN4O3.C16H15FN4O3.C16H16N4O3.C15H19N3O3/c1-12(2)24(3)19-18(15-9-8-13-6-4-5-7-14(13)10-15)22-16-11-17(21(25)26)27-20(16)23-19;1-9(2)23(3)17-16(14-7-10-6-11(20)4-5-13(10)26-14)21-12-8-15(19(24)25)27-18(12)22-17;18-11-6-4-10(5-7-11)12-14(22-8-2-1-3-9-22)21-15-13(19-12)20-16(25-15)17(23)24;1-8(2)21(3)13-11(9-4-6-10(17)7-5-9)18-12-14(20-13)24-15(19-12)16(22)23;1-9(2)20(3)14-13(10-5-4-6-17-8-10)18-11-7-12(16(21)22)23-15(11)19-14;1-9(2)12-13(18-6-4-3-5-7-18)17-14-10(16-12)8-11(21-14)15(19)20/h4-12H,1-3H3,(H,25,26);4-9H,1-3H3,(H,24,25);4-7H,1-3,8-9H2,(H,23,24);4-8H,1-3H3,(H,22,23);4-9H,1-3H3,(H,21,22);8-9H,3-7H2,1-2H3,(H,19,20).